The van der Waals surface area contributed by atoms with E-state index in [-0.39, 0.29) is 0 Å². The third-order valence-electron chi connectivity index (χ3n) is 5.05. The molecule has 30 heavy (non-hydrogen) atoms. The molecule has 0 aliphatic rings. The molecule has 2 heterocycles. The molecule has 0 amide bonds. The predicted molar refractivity (Wildman–Crippen MR) is 121 cm³/mol. The highest BCUT2D eigenvalue weighted by atomic mass is 32.1. The van der Waals surface area contributed by atoms with E-state index in [0.717, 1.165) is 40.9 Å². The van der Waals surface area contributed by atoms with Gasteiger partial charge < -0.3 is 10.1 Å². The van der Waals surface area contributed by atoms with Gasteiger partial charge in [0, 0.05) is 29.7 Å². The van der Waals surface area contributed by atoms with Crippen molar-refractivity contribution in [1.82, 2.24) is 20.1 Å². The van der Waals surface area contributed by atoms with Gasteiger partial charge in [-0.15, -0.1) is 11.3 Å². The minimum absolute atomic E-state index is 0.506. The van der Waals surface area contributed by atoms with Gasteiger partial charge in [-0.25, -0.2) is 9.67 Å². The van der Waals surface area contributed by atoms with E-state index in [1.54, 1.807) is 11.3 Å². The van der Waals surface area contributed by atoms with Crippen molar-refractivity contribution in [3.05, 3.63) is 93.2 Å². The minimum atomic E-state index is 0.506. The van der Waals surface area contributed by atoms with Crippen LogP contribution in [0.5, 0.6) is 5.75 Å². The van der Waals surface area contributed by atoms with Crippen LogP contribution in [0.1, 0.15) is 33.2 Å². The van der Waals surface area contributed by atoms with Crippen molar-refractivity contribution in [3.8, 4) is 11.4 Å². The second-order valence-corrected chi connectivity index (χ2v) is 8.35. The second kappa shape index (κ2) is 9.24. The van der Waals surface area contributed by atoms with Gasteiger partial charge in [0.1, 0.15) is 12.4 Å². The first-order valence-corrected chi connectivity index (χ1v) is 10.9. The molecule has 0 aliphatic heterocycles. The number of thiazole rings is 1. The molecule has 1 N–H and O–H groups in total. The van der Waals surface area contributed by atoms with Crippen molar-refractivity contribution in [2.24, 2.45) is 0 Å². The van der Waals surface area contributed by atoms with Crippen LogP contribution in [-0.4, -0.2) is 14.8 Å². The van der Waals surface area contributed by atoms with Crippen LogP contribution in [0.4, 0.5) is 0 Å². The van der Waals surface area contributed by atoms with Gasteiger partial charge in [0.2, 0.25) is 0 Å². The molecule has 0 saturated heterocycles. The highest BCUT2D eigenvalue weighted by Crippen LogP contribution is 2.19. The molecular formula is C24H26N4OS. The summed E-state index contributed by atoms with van der Waals surface area (Å²) in [4.78, 5) is 4.42. The molecule has 0 fully saturated rings. The van der Waals surface area contributed by atoms with E-state index in [9.17, 15) is 0 Å². The quantitative estimate of drug-likeness (QED) is 0.431. The molecule has 5 nitrogen and oxygen atoms in total. The standard InChI is InChI=1S/C24H26N4OS/c1-17-24(18(2)28(27-17)22-7-5-4-6-8-22)14-25-13-20-9-11-23(12-10-20)29-15-21-16-30-19(3)26-21/h4-12,16,25H,13-15H2,1-3H3. The topological polar surface area (TPSA) is 52.0 Å². The van der Waals surface area contributed by atoms with Crippen molar-refractivity contribution in [2.75, 3.05) is 0 Å². The Hall–Kier alpha value is -2.96. The molecule has 2 aromatic heterocycles. The molecule has 0 aliphatic carbocycles. The molecule has 0 radical (unpaired) electrons. The summed E-state index contributed by atoms with van der Waals surface area (Å²) in [5, 5.41) is 11.4. The molecular weight excluding hydrogens is 392 g/mol. The molecule has 154 valence electrons. The summed E-state index contributed by atoms with van der Waals surface area (Å²) in [6, 6.07) is 18.5. The zero-order valence-corrected chi connectivity index (χ0v) is 18.4. The summed E-state index contributed by atoms with van der Waals surface area (Å²) in [5.41, 5.74) is 6.77. The second-order valence-electron chi connectivity index (χ2n) is 7.29. The number of nitrogens with one attached hydrogen (secondary N) is 1. The van der Waals surface area contributed by atoms with E-state index < -0.39 is 0 Å². The molecule has 0 saturated carbocycles. The first-order chi connectivity index (χ1) is 14.6. The third kappa shape index (κ3) is 4.78. The average molecular weight is 419 g/mol. The lowest BCUT2D eigenvalue weighted by Gasteiger charge is -2.08. The van der Waals surface area contributed by atoms with E-state index in [1.165, 1.54) is 16.8 Å². The molecule has 0 bridgehead atoms. The van der Waals surface area contributed by atoms with Crippen LogP contribution in [0.2, 0.25) is 0 Å². The summed E-state index contributed by atoms with van der Waals surface area (Å²) in [6.45, 7) is 8.28. The lowest BCUT2D eigenvalue weighted by atomic mass is 10.1. The first kappa shape index (κ1) is 20.3. The molecule has 4 aromatic rings. The van der Waals surface area contributed by atoms with Gasteiger partial charge in [-0.2, -0.15) is 5.10 Å². The van der Waals surface area contributed by atoms with Gasteiger partial charge in [-0.1, -0.05) is 30.3 Å². The largest absolute Gasteiger partial charge is 0.487 e. The van der Waals surface area contributed by atoms with Crippen molar-refractivity contribution >= 4 is 11.3 Å². The SMILES string of the molecule is Cc1nc(COc2ccc(CNCc3c(C)nn(-c4ccccc4)c3C)cc2)cs1. The Morgan fingerprint density at radius 2 is 1.73 bits per heavy atom. The fourth-order valence-electron chi connectivity index (χ4n) is 3.42. The number of aromatic nitrogens is 3. The van der Waals surface area contributed by atoms with Crippen molar-refractivity contribution in [3.63, 3.8) is 0 Å². The summed E-state index contributed by atoms with van der Waals surface area (Å²) in [7, 11) is 0. The van der Waals surface area contributed by atoms with E-state index in [4.69, 9.17) is 9.84 Å². The number of benzene rings is 2. The van der Waals surface area contributed by atoms with E-state index >= 15 is 0 Å². The number of aryl methyl sites for hydroxylation is 2. The summed E-state index contributed by atoms with van der Waals surface area (Å²) < 4.78 is 7.84. The van der Waals surface area contributed by atoms with Crippen molar-refractivity contribution < 1.29 is 4.74 Å². The number of rotatable bonds is 8. The van der Waals surface area contributed by atoms with Crippen molar-refractivity contribution in [2.45, 2.75) is 40.5 Å². The number of ether oxygens (including phenoxy) is 1. The Labute approximate surface area is 181 Å². The fourth-order valence-corrected chi connectivity index (χ4v) is 4.02. The van der Waals surface area contributed by atoms with Crippen molar-refractivity contribution in [1.29, 1.82) is 0 Å². The van der Waals surface area contributed by atoms with Gasteiger partial charge in [0.15, 0.2) is 0 Å². The number of hydrogen-bond acceptors (Lipinski definition) is 5. The number of para-hydroxylation sites is 1. The third-order valence-corrected chi connectivity index (χ3v) is 5.87. The van der Waals surface area contributed by atoms with Gasteiger partial charge >= 0.3 is 0 Å². The lowest BCUT2D eigenvalue weighted by Crippen LogP contribution is -2.14. The number of hydrogen-bond donors (Lipinski definition) is 1. The summed E-state index contributed by atoms with van der Waals surface area (Å²) >= 11 is 1.65. The smallest absolute Gasteiger partial charge is 0.131 e. The molecule has 6 heteroatoms. The number of nitrogens with zero attached hydrogens (tertiary/aromatic N) is 3. The Kier molecular flexibility index (Phi) is 6.26. The summed E-state index contributed by atoms with van der Waals surface area (Å²) in [5.74, 6) is 0.861. The van der Waals surface area contributed by atoms with Crippen LogP contribution in [0, 0.1) is 20.8 Å². The van der Waals surface area contributed by atoms with Gasteiger partial charge in [-0.3, -0.25) is 0 Å². The van der Waals surface area contributed by atoms with Crippen LogP contribution in [0.15, 0.2) is 60.0 Å². The van der Waals surface area contributed by atoms with Gasteiger partial charge in [0.25, 0.3) is 0 Å². The Morgan fingerprint density at radius 1 is 0.967 bits per heavy atom. The molecule has 0 unspecified atom stereocenters. The highest BCUT2D eigenvalue weighted by Gasteiger charge is 2.12. The van der Waals surface area contributed by atoms with E-state index in [2.05, 4.69) is 48.4 Å². The van der Waals surface area contributed by atoms with E-state index in [1.807, 2.05) is 47.3 Å². The maximum absolute atomic E-state index is 5.82. The zero-order chi connectivity index (χ0) is 20.9. The normalized spacial score (nSPS) is 11.0. The molecule has 4 rings (SSSR count). The van der Waals surface area contributed by atoms with Crippen LogP contribution >= 0.6 is 11.3 Å². The van der Waals surface area contributed by atoms with Crippen LogP contribution in [-0.2, 0) is 19.7 Å². The molecule has 2 aromatic carbocycles. The highest BCUT2D eigenvalue weighted by molar-refractivity contribution is 7.09. The Balaban J connectivity index is 1.32. The van der Waals surface area contributed by atoms with Crippen LogP contribution in [0.3, 0.4) is 0 Å². The average Bonchev–Trinajstić information content (AvgIpc) is 3.31. The summed E-state index contributed by atoms with van der Waals surface area (Å²) in [6.07, 6.45) is 0. The monoisotopic (exact) mass is 418 g/mol. The van der Waals surface area contributed by atoms with Crippen LogP contribution < -0.4 is 10.1 Å². The predicted octanol–water partition coefficient (Wildman–Crippen LogP) is 5.12. The fraction of sp³-hybridized carbons (Fsp3) is 0.250. The molecule has 0 spiro atoms. The first-order valence-electron chi connectivity index (χ1n) is 10.0. The van der Waals surface area contributed by atoms with Crippen LogP contribution in [0.25, 0.3) is 5.69 Å². The van der Waals surface area contributed by atoms with Gasteiger partial charge in [0.05, 0.1) is 22.1 Å². The lowest BCUT2D eigenvalue weighted by molar-refractivity contribution is 0.302. The maximum atomic E-state index is 5.82. The Bertz CT molecular complexity index is 1100. The van der Waals surface area contributed by atoms with Gasteiger partial charge in [-0.05, 0) is 50.6 Å². The minimum Gasteiger partial charge on any atom is -0.487 e. The molecule has 0 atom stereocenters. The zero-order valence-electron chi connectivity index (χ0n) is 17.6. The maximum Gasteiger partial charge on any atom is 0.131 e. The van der Waals surface area contributed by atoms with E-state index in [0.29, 0.717) is 6.61 Å². The Morgan fingerprint density at radius 3 is 2.43 bits per heavy atom.